The number of aryl methyl sites for hydroxylation is 1. The van der Waals surface area contributed by atoms with Gasteiger partial charge < -0.3 is 4.57 Å². The van der Waals surface area contributed by atoms with Gasteiger partial charge in [0.1, 0.15) is 0 Å². The summed E-state index contributed by atoms with van der Waals surface area (Å²) in [6.45, 7) is 0.920. The van der Waals surface area contributed by atoms with Crippen LogP contribution >= 0.6 is 27.3 Å². The molecule has 0 atom stereocenters. The van der Waals surface area contributed by atoms with Gasteiger partial charge in [0.25, 0.3) is 0 Å². The predicted molar refractivity (Wildman–Crippen MR) is 120 cm³/mol. The Morgan fingerprint density at radius 1 is 0.964 bits per heavy atom. The molecule has 2 aromatic carbocycles. The lowest BCUT2D eigenvalue weighted by Crippen LogP contribution is -2.16. The van der Waals surface area contributed by atoms with Crippen molar-refractivity contribution in [2.24, 2.45) is 4.99 Å². The first-order valence-electron chi connectivity index (χ1n) is 9.22. The maximum Gasteiger partial charge on any atom is 0.190 e. The minimum absolute atomic E-state index is 0.878. The minimum atomic E-state index is 0.878. The van der Waals surface area contributed by atoms with Crippen LogP contribution in [0.1, 0.15) is 12.0 Å². The van der Waals surface area contributed by atoms with E-state index in [9.17, 15) is 0 Å². The van der Waals surface area contributed by atoms with Crippen LogP contribution in [0, 0.1) is 0 Å². The lowest BCUT2D eigenvalue weighted by Gasteiger charge is -2.10. The molecule has 140 valence electrons. The molecule has 4 aromatic rings. The number of hydrogen-bond acceptors (Lipinski definition) is 3. The highest BCUT2D eigenvalue weighted by Gasteiger charge is 2.08. The van der Waals surface area contributed by atoms with Gasteiger partial charge in [-0.25, -0.2) is 4.99 Å². The molecule has 0 aliphatic heterocycles. The molecule has 0 amide bonds. The van der Waals surface area contributed by atoms with Crippen molar-refractivity contribution < 1.29 is 0 Å². The fraction of sp³-hybridized carbons (Fsp3) is 0.130. The van der Waals surface area contributed by atoms with E-state index in [1.807, 2.05) is 12.1 Å². The molecule has 4 rings (SSSR count). The molecule has 5 heteroatoms. The molecule has 0 spiro atoms. The summed E-state index contributed by atoms with van der Waals surface area (Å²) in [6, 6.07) is 23.0. The average Bonchev–Trinajstić information content (AvgIpc) is 3.12. The summed E-state index contributed by atoms with van der Waals surface area (Å²) >= 11 is 5.20. The summed E-state index contributed by atoms with van der Waals surface area (Å²) in [5.74, 6) is 0. The summed E-state index contributed by atoms with van der Waals surface area (Å²) in [4.78, 5) is 10.0. The van der Waals surface area contributed by atoms with Gasteiger partial charge in [-0.2, -0.15) is 0 Å². The predicted octanol–water partition coefficient (Wildman–Crippen LogP) is 6.24. The zero-order valence-electron chi connectivity index (χ0n) is 15.3. The van der Waals surface area contributed by atoms with Crippen LogP contribution < -0.4 is 4.80 Å². The van der Waals surface area contributed by atoms with Crippen LogP contribution in [0.2, 0.25) is 0 Å². The molecular weight excluding hydrogens is 430 g/mol. The van der Waals surface area contributed by atoms with Crippen molar-refractivity contribution in [1.29, 1.82) is 0 Å². The van der Waals surface area contributed by atoms with Crippen LogP contribution in [0.4, 0.5) is 5.69 Å². The van der Waals surface area contributed by atoms with E-state index in [1.54, 1.807) is 23.7 Å². The van der Waals surface area contributed by atoms with E-state index in [4.69, 9.17) is 4.99 Å². The molecule has 0 saturated heterocycles. The molecule has 2 heterocycles. The standard InChI is InChI=1S/C23H20BrN3S/c24-20-12-10-19(11-13-20)22-17-28-23(26-21-9-4-14-25-16-21)27(22)15-5-8-18-6-2-1-3-7-18/h1-4,6-7,9-14,16-17H,5,8,15H2. The Hall–Kier alpha value is -2.50. The molecule has 3 nitrogen and oxygen atoms in total. The Balaban J connectivity index is 1.66. The van der Waals surface area contributed by atoms with E-state index in [-0.39, 0.29) is 0 Å². The van der Waals surface area contributed by atoms with Crippen LogP contribution in [0.15, 0.2) is 94.0 Å². The Kier molecular flexibility index (Phi) is 6.14. The van der Waals surface area contributed by atoms with Crippen molar-refractivity contribution in [3.05, 3.63) is 99.3 Å². The zero-order chi connectivity index (χ0) is 19.2. The number of aromatic nitrogens is 2. The summed E-state index contributed by atoms with van der Waals surface area (Å²) in [5, 5.41) is 2.20. The fourth-order valence-corrected chi connectivity index (χ4v) is 4.32. The highest BCUT2D eigenvalue weighted by molar-refractivity contribution is 9.10. The molecule has 28 heavy (non-hydrogen) atoms. The molecule has 0 aliphatic rings. The van der Waals surface area contributed by atoms with Crippen molar-refractivity contribution >= 4 is 33.0 Å². The highest BCUT2D eigenvalue weighted by Crippen LogP contribution is 2.23. The topological polar surface area (TPSA) is 30.2 Å². The average molecular weight is 450 g/mol. The molecule has 0 radical (unpaired) electrons. The number of hydrogen-bond donors (Lipinski definition) is 0. The number of rotatable bonds is 6. The first-order chi connectivity index (χ1) is 13.8. The number of benzene rings is 2. The summed E-state index contributed by atoms with van der Waals surface area (Å²) in [7, 11) is 0. The third-order valence-electron chi connectivity index (χ3n) is 4.50. The number of halogens is 1. The summed E-state index contributed by atoms with van der Waals surface area (Å²) in [6.07, 6.45) is 5.68. The maximum absolute atomic E-state index is 4.84. The van der Waals surface area contributed by atoms with E-state index >= 15 is 0 Å². The van der Waals surface area contributed by atoms with Gasteiger partial charge in [0, 0.05) is 22.6 Å². The first kappa shape index (κ1) is 18.8. The smallest absolute Gasteiger partial charge is 0.190 e. The lowest BCUT2D eigenvalue weighted by molar-refractivity contribution is 0.633. The lowest BCUT2D eigenvalue weighted by atomic mass is 10.1. The molecule has 0 aliphatic carbocycles. The van der Waals surface area contributed by atoms with Gasteiger partial charge in [0.15, 0.2) is 4.80 Å². The van der Waals surface area contributed by atoms with E-state index in [1.165, 1.54) is 16.8 Å². The Morgan fingerprint density at radius 2 is 1.79 bits per heavy atom. The van der Waals surface area contributed by atoms with Gasteiger partial charge in [0.2, 0.25) is 0 Å². The van der Waals surface area contributed by atoms with Gasteiger partial charge in [-0.3, -0.25) is 4.98 Å². The van der Waals surface area contributed by atoms with Crippen LogP contribution in [-0.2, 0) is 13.0 Å². The highest BCUT2D eigenvalue weighted by atomic mass is 79.9. The molecule has 0 unspecified atom stereocenters. The van der Waals surface area contributed by atoms with Gasteiger partial charge in [-0.05, 0) is 48.2 Å². The monoisotopic (exact) mass is 449 g/mol. The molecule has 0 saturated carbocycles. The molecule has 0 fully saturated rings. The second-order valence-electron chi connectivity index (χ2n) is 6.47. The van der Waals surface area contributed by atoms with Crippen molar-refractivity contribution in [3.63, 3.8) is 0 Å². The maximum atomic E-state index is 4.84. The van der Waals surface area contributed by atoms with Crippen molar-refractivity contribution in [2.75, 3.05) is 0 Å². The van der Waals surface area contributed by atoms with Crippen molar-refractivity contribution in [3.8, 4) is 11.3 Å². The fourth-order valence-electron chi connectivity index (χ4n) is 3.10. The number of thiazole rings is 1. The van der Waals surface area contributed by atoms with E-state index < -0.39 is 0 Å². The van der Waals surface area contributed by atoms with Crippen LogP contribution in [0.25, 0.3) is 11.3 Å². The molecule has 0 N–H and O–H groups in total. The largest absolute Gasteiger partial charge is 0.316 e. The second-order valence-corrected chi connectivity index (χ2v) is 8.23. The number of pyridine rings is 1. The van der Waals surface area contributed by atoms with Crippen molar-refractivity contribution in [2.45, 2.75) is 19.4 Å². The van der Waals surface area contributed by atoms with E-state index in [0.29, 0.717) is 0 Å². The molecule has 2 aromatic heterocycles. The molecule has 0 bridgehead atoms. The Morgan fingerprint density at radius 3 is 2.54 bits per heavy atom. The quantitative estimate of drug-likeness (QED) is 0.342. The SMILES string of the molecule is Brc1ccc(-c2csc(=Nc3cccnc3)n2CCCc2ccccc2)cc1. The summed E-state index contributed by atoms with van der Waals surface area (Å²) in [5.41, 5.74) is 4.65. The summed E-state index contributed by atoms with van der Waals surface area (Å²) < 4.78 is 3.41. The second kappa shape index (κ2) is 9.13. The zero-order valence-corrected chi connectivity index (χ0v) is 17.7. The molecular formula is C23H20BrN3S. The third kappa shape index (κ3) is 4.66. The van der Waals surface area contributed by atoms with E-state index in [2.05, 4.69) is 85.5 Å². The van der Waals surface area contributed by atoms with Gasteiger partial charge in [-0.1, -0.05) is 58.4 Å². The van der Waals surface area contributed by atoms with Gasteiger partial charge in [0.05, 0.1) is 17.6 Å². The Bertz CT molecular complexity index is 1080. The first-order valence-corrected chi connectivity index (χ1v) is 10.9. The minimum Gasteiger partial charge on any atom is -0.316 e. The number of nitrogens with zero attached hydrogens (tertiary/aromatic N) is 3. The van der Waals surface area contributed by atoms with Gasteiger partial charge >= 0.3 is 0 Å². The third-order valence-corrected chi connectivity index (χ3v) is 5.89. The van der Waals surface area contributed by atoms with Crippen LogP contribution in [0.3, 0.4) is 0 Å². The normalized spacial score (nSPS) is 11.7. The van der Waals surface area contributed by atoms with E-state index in [0.717, 1.165) is 34.3 Å². The Labute approximate surface area is 177 Å². The van der Waals surface area contributed by atoms with Crippen LogP contribution in [0.5, 0.6) is 0 Å². The van der Waals surface area contributed by atoms with Crippen LogP contribution in [-0.4, -0.2) is 9.55 Å². The van der Waals surface area contributed by atoms with Crippen molar-refractivity contribution in [1.82, 2.24) is 9.55 Å². The van der Waals surface area contributed by atoms with Gasteiger partial charge in [-0.15, -0.1) is 11.3 Å².